The average molecular weight is 243 g/mol. The molecule has 2 rings (SSSR count). The average Bonchev–Trinajstić information content (AvgIpc) is 2.39. The van der Waals surface area contributed by atoms with Gasteiger partial charge in [-0.05, 0) is 25.1 Å². The predicted molar refractivity (Wildman–Crippen MR) is 67.0 cm³/mol. The molecule has 0 spiro atoms. The minimum Gasteiger partial charge on any atom is -0.444 e. The number of anilines is 1. The Labute approximate surface area is 105 Å². The van der Waals surface area contributed by atoms with E-state index in [1.807, 2.05) is 19.1 Å². The third-order valence-corrected chi connectivity index (χ3v) is 2.38. The van der Waals surface area contributed by atoms with Crippen molar-refractivity contribution in [1.29, 1.82) is 0 Å². The van der Waals surface area contributed by atoms with E-state index in [1.165, 1.54) is 0 Å². The van der Waals surface area contributed by atoms with Gasteiger partial charge in [-0.1, -0.05) is 6.07 Å². The van der Waals surface area contributed by atoms with Crippen molar-refractivity contribution in [2.24, 2.45) is 0 Å². The van der Waals surface area contributed by atoms with Crippen LogP contribution in [0, 0.1) is 6.92 Å². The van der Waals surface area contributed by atoms with Gasteiger partial charge in [0.2, 0.25) is 0 Å². The van der Waals surface area contributed by atoms with E-state index in [1.54, 1.807) is 30.7 Å². The second-order valence-electron chi connectivity index (χ2n) is 3.69. The van der Waals surface area contributed by atoms with Gasteiger partial charge < -0.3 is 4.74 Å². The zero-order valence-electron chi connectivity index (χ0n) is 9.96. The fourth-order valence-corrected chi connectivity index (χ4v) is 1.40. The highest BCUT2D eigenvalue weighted by atomic mass is 16.5. The summed E-state index contributed by atoms with van der Waals surface area (Å²) in [4.78, 5) is 19.5. The Morgan fingerprint density at radius 1 is 1.33 bits per heavy atom. The molecule has 0 atom stereocenters. The lowest BCUT2D eigenvalue weighted by Crippen LogP contribution is -2.14. The Kier molecular flexibility index (Phi) is 3.86. The molecule has 0 aliphatic heterocycles. The summed E-state index contributed by atoms with van der Waals surface area (Å²) in [7, 11) is 0. The molecule has 5 heteroatoms. The number of rotatable bonds is 3. The molecule has 0 aliphatic rings. The van der Waals surface area contributed by atoms with Crippen molar-refractivity contribution in [3.8, 4) is 0 Å². The van der Waals surface area contributed by atoms with Crippen molar-refractivity contribution in [1.82, 2.24) is 9.97 Å². The Balaban J connectivity index is 1.88. The fraction of sp³-hybridized carbons (Fsp3) is 0.154. The molecule has 1 amide bonds. The Bertz CT molecular complexity index is 529. The molecule has 1 N–H and O–H groups in total. The standard InChI is InChI=1S/C13H13N3O2/c1-10-11(4-2-7-15-10)9-18-13(17)16-12-5-3-6-14-8-12/h2-8H,9H2,1H3,(H,16,17). The van der Waals surface area contributed by atoms with Crippen LogP contribution in [-0.4, -0.2) is 16.1 Å². The third kappa shape index (κ3) is 3.28. The van der Waals surface area contributed by atoms with Gasteiger partial charge in [0.15, 0.2) is 0 Å². The molecular weight excluding hydrogens is 230 g/mol. The van der Waals surface area contributed by atoms with E-state index in [9.17, 15) is 4.79 Å². The van der Waals surface area contributed by atoms with Gasteiger partial charge in [0.05, 0.1) is 11.9 Å². The van der Waals surface area contributed by atoms with Crippen LogP contribution in [0.25, 0.3) is 0 Å². The number of aryl methyl sites for hydroxylation is 1. The van der Waals surface area contributed by atoms with Crippen molar-refractivity contribution in [2.45, 2.75) is 13.5 Å². The number of amides is 1. The molecule has 0 radical (unpaired) electrons. The molecule has 0 fully saturated rings. The van der Waals surface area contributed by atoms with Gasteiger partial charge in [0, 0.05) is 23.7 Å². The van der Waals surface area contributed by atoms with Crippen molar-refractivity contribution in [2.75, 3.05) is 5.32 Å². The largest absolute Gasteiger partial charge is 0.444 e. The molecule has 2 aromatic heterocycles. The quantitative estimate of drug-likeness (QED) is 0.899. The van der Waals surface area contributed by atoms with Crippen LogP contribution < -0.4 is 5.32 Å². The highest BCUT2D eigenvalue weighted by molar-refractivity contribution is 5.84. The first kappa shape index (κ1) is 12.0. The van der Waals surface area contributed by atoms with Crippen LogP contribution >= 0.6 is 0 Å². The van der Waals surface area contributed by atoms with Crippen LogP contribution in [0.1, 0.15) is 11.3 Å². The van der Waals surface area contributed by atoms with Gasteiger partial charge in [0.25, 0.3) is 0 Å². The first-order valence-electron chi connectivity index (χ1n) is 5.50. The number of carbonyl (C=O) groups is 1. The van der Waals surface area contributed by atoms with Crippen LogP contribution in [0.3, 0.4) is 0 Å². The van der Waals surface area contributed by atoms with Gasteiger partial charge in [-0.25, -0.2) is 4.79 Å². The second kappa shape index (κ2) is 5.77. The van der Waals surface area contributed by atoms with E-state index in [2.05, 4.69) is 15.3 Å². The normalized spacial score (nSPS) is 9.83. The molecule has 0 bridgehead atoms. The predicted octanol–water partition coefficient (Wildman–Crippen LogP) is 2.53. The summed E-state index contributed by atoms with van der Waals surface area (Å²) in [5, 5.41) is 2.59. The molecule has 92 valence electrons. The summed E-state index contributed by atoms with van der Waals surface area (Å²) in [6, 6.07) is 7.16. The van der Waals surface area contributed by atoms with Gasteiger partial charge >= 0.3 is 6.09 Å². The number of pyridine rings is 2. The van der Waals surface area contributed by atoms with Crippen LogP contribution in [-0.2, 0) is 11.3 Å². The minimum atomic E-state index is -0.508. The Hall–Kier alpha value is -2.43. The fourth-order valence-electron chi connectivity index (χ4n) is 1.40. The monoisotopic (exact) mass is 243 g/mol. The van der Waals surface area contributed by atoms with Crippen LogP contribution in [0.15, 0.2) is 42.9 Å². The number of hydrogen-bond acceptors (Lipinski definition) is 4. The van der Waals surface area contributed by atoms with Gasteiger partial charge in [-0.15, -0.1) is 0 Å². The number of nitrogens with one attached hydrogen (secondary N) is 1. The molecule has 2 aromatic rings. The Morgan fingerprint density at radius 3 is 2.89 bits per heavy atom. The van der Waals surface area contributed by atoms with Crippen molar-refractivity contribution in [3.05, 3.63) is 54.1 Å². The lowest BCUT2D eigenvalue weighted by Gasteiger charge is -2.07. The highest BCUT2D eigenvalue weighted by Crippen LogP contribution is 2.07. The first-order chi connectivity index (χ1) is 8.75. The van der Waals surface area contributed by atoms with Gasteiger partial charge in [-0.3, -0.25) is 15.3 Å². The lowest BCUT2D eigenvalue weighted by atomic mass is 10.2. The van der Waals surface area contributed by atoms with E-state index in [0.29, 0.717) is 5.69 Å². The van der Waals surface area contributed by atoms with Crippen LogP contribution in [0.4, 0.5) is 10.5 Å². The maximum absolute atomic E-state index is 11.5. The van der Waals surface area contributed by atoms with E-state index in [0.717, 1.165) is 11.3 Å². The number of hydrogen-bond donors (Lipinski definition) is 1. The maximum atomic E-state index is 11.5. The van der Waals surface area contributed by atoms with E-state index in [-0.39, 0.29) is 6.61 Å². The van der Waals surface area contributed by atoms with Crippen LogP contribution in [0.5, 0.6) is 0 Å². The van der Waals surface area contributed by atoms with E-state index < -0.39 is 6.09 Å². The third-order valence-electron chi connectivity index (χ3n) is 2.38. The maximum Gasteiger partial charge on any atom is 0.412 e. The van der Waals surface area contributed by atoms with Crippen molar-refractivity contribution in [3.63, 3.8) is 0 Å². The molecule has 5 nitrogen and oxygen atoms in total. The number of aromatic nitrogens is 2. The summed E-state index contributed by atoms with van der Waals surface area (Å²) < 4.78 is 5.10. The minimum absolute atomic E-state index is 0.200. The summed E-state index contributed by atoms with van der Waals surface area (Å²) in [5.74, 6) is 0. The zero-order valence-corrected chi connectivity index (χ0v) is 9.96. The van der Waals surface area contributed by atoms with Crippen LogP contribution in [0.2, 0.25) is 0 Å². The topological polar surface area (TPSA) is 64.1 Å². The smallest absolute Gasteiger partial charge is 0.412 e. The summed E-state index contributed by atoms with van der Waals surface area (Å²) >= 11 is 0. The SMILES string of the molecule is Cc1ncccc1COC(=O)Nc1cccnc1. The molecule has 0 saturated carbocycles. The molecular formula is C13H13N3O2. The molecule has 2 heterocycles. The summed E-state index contributed by atoms with van der Waals surface area (Å²) in [5.41, 5.74) is 2.34. The highest BCUT2D eigenvalue weighted by Gasteiger charge is 2.05. The number of ether oxygens (including phenoxy) is 1. The lowest BCUT2D eigenvalue weighted by molar-refractivity contribution is 0.155. The van der Waals surface area contributed by atoms with Crippen molar-refractivity contribution >= 4 is 11.8 Å². The molecule has 0 saturated heterocycles. The van der Waals surface area contributed by atoms with Gasteiger partial charge in [-0.2, -0.15) is 0 Å². The molecule has 0 unspecified atom stereocenters. The van der Waals surface area contributed by atoms with E-state index in [4.69, 9.17) is 4.74 Å². The number of nitrogens with zero attached hydrogens (tertiary/aromatic N) is 2. The Morgan fingerprint density at radius 2 is 2.17 bits per heavy atom. The van der Waals surface area contributed by atoms with E-state index >= 15 is 0 Å². The second-order valence-corrected chi connectivity index (χ2v) is 3.69. The molecule has 0 aliphatic carbocycles. The zero-order chi connectivity index (χ0) is 12.8. The molecule has 0 aromatic carbocycles. The summed E-state index contributed by atoms with van der Waals surface area (Å²) in [6.07, 6.45) is 4.38. The van der Waals surface area contributed by atoms with Crippen molar-refractivity contribution < 1.29 is 9.53 Å². The summed E-state index contributed by atoms with van der Waals surface area (Å²) in [6.45, 7) is 2.07. The number of carbonyl (C=O) groups excluding carboxylic acids is 1. The molecule has 18 heavy (non-hydrogen) atoms. The van der Waals surface area contributed by atoms with Gasteiger partial charge in [0.1, 0.15) is 6.61 Å². The first-order valence-corrected chi connectivity index (χ1v) is 5.50.